The molecule has 0 saturated heterocycles. The van der Waals surface area contributed by atoms with Gasteiger partial charge in [-0.3, -0.25) is 0 Å². The largest absolute Gasteiger partial charge is 0.430 e. The van der Waals surface area contributed by atoms with Crippen LogP contribution in [0.5, 0.6) is 0 Å². The fourth-order valence-corrected chi connectivity index (χ4v) is 1.32. The summed E-state index contributed by atoms with van der Waals surface area (Å²) in [6.07, 6.45) is -17.1. The van der Waals surface area contributed by atoms with Crippen molar-refractivity contribution >= 4 is 15.9 Å². The van der Waals surface area contributed by atoms with Crippen LogP contribution in [0.3, 0.4) is 0 Å². The first-order valence-corrected chi connectivity index (χ1v) is 6.44. The molecule has 0 heterocycles. The van der Waals surface area contributed by atoms with E-state index >= 15 is 0 Å². The molecule has 0 saturated carbocycles. The number of ether oxygens (including phenoxy) is 2. The predicted molar refractivity (Wildman–Crippen MR) is 60.1 cm³/mol. The molecule has 2 atom stereocenters. The molecule has 11 heteroatoms. The van der Waals surface area contributed by atoms with Gasteiger partial charge in [0.1, 0.15) is 0 Å². The summed E-state index contributed by atoms with van der Waals surface area (Å²) in [6.45, 7) is 2.02. The Morgan fingerprint density at radius 1 is 0.857 bits per heavy atom. The Balaban J connectivity index is 4.29. The Labute approximate surface area is 123 Å². The molecule has 0 fully saturated rings. The Kier molecular flexibility index (Phi) is 7.35. The van der Waals surface area contributed by atoms with Gasteiger partial charge in [-0.05, 0) is 26.7 Å². The molecule has 0 amide bonds. The number of alkyl halides is 9. The molecular weight excluding hydrogens is 384 g/mol. The molecule has 0 aromatic carbocycles. The average molecular weight is 397 g/mol. The quantitative estimate of drug-likeness (QED) is 0.402. The second-order valence-electron chi connectivity index (χ2n) is 4.31. The van der Waals surface area contributed by atoms with Crippen molar-refractivity contribution in [3.05, 3.63) is 0 Å². The molecule has 21 heavy (non-hydrogen) atoms. The van der Waals surface area contributed by atoms with E-state index in [-0.39, 0.29) is 12.8 Å². The van der Waals surface area contributed by atoms with Gasteiger partial charge in [0, 0.05) is 15.9 Å². The van der Waals surface area contributed by atoms with Crippen molar-refractivity contribution in [3.8, 4) is 0 Å². The minimum absolute atomic E-state index is 0.368. The maximum Gasteiger partial charge on any atom is 0.430 e. The lowest BCUT2D eigenvalue weighted by molar-refractivity contribution is -0.330. The molecular formula is C10H13BrF8O2. The Morgan fingerprint density at radius 3 is 1.57 bits per heavy atom. The van der Waals surface area contributed by atoms with Gasteiger partial charge in [0.25, 0.3) is 0 Å². The molecule has 0 aliphatic carbocycles. The summed E-state index contributed by atoms with van der Waals surface area (Å²) in [7, 11) is 0. The Bertz CT molecular complexity index is 321. The van der Waals surface area contributed by atoms with E-state index in [9.17, 15) is 35.1 Å². The molecule has 0 rings (SSSR count). The van der Waals surface area contributed by atoms with E-state index < -0.39 is 35.7 Å². The summed E-state index contributed by atoms with van der Waals surface area (Å²) >= 11 is 1.45. The highest BCUT2D eigenvalue weighted by molar-refractivity contribution is 9.10. The normalized spacial score (nSPS) is 17.1. The third-order valence-corrected chi connectivity index (χ3v) is 2.73. The third-order valence-electron chi connectivity index (χ3n) is 2.27. The molecule has 128 valence electrons. The average Bonchev–Trinajstić information content (AvgIpc) is 2.23. The lowest BCUT2D eigenvalue weighted by Gasteiger charge is -2.26. The van der Waals surface area contributed by atoms with Crippen LogP contribution in [0.15, 0.2) is 0 Å². The van der Waals surface area contributed by atoms with Crippen LogP contribution in [0.1, 0.15) is 26.7 Å². The first-order valence-electron chi connectivity index (χ1n) is 5.65. The van der Waals surface area contributed by atoms with E-state index in [2.05, 4.69) is 9.47 Å². The topological polar surface area (TPSA) is 18.5 Å². The summed E-state index contributed by atoms with van der Waals surface area (Å²) in [6, 6.07) is 0. The predicted octanol–water partition coefficient (Wildman–Crippen LogP) is 5.02. The Hall–Kier alpha value is -0.160. The number of rotatable bonds is 9. The first kappa shape index (κ1) is 20.8. The minimum Gasteiger partial charge on any atom is -0.313 e. The summed E-state index contributed by atoms with van der Waals surface area (Å²) < 4.78 is 107. The summed E-state index contributed by atoms with van der Waals surface area (Å²) in [5.41, 5.74) is 0. The van der Waals surface area contributed by atoms with Crippen molar-refractivity contribution in [3.63, 3.8) is 0 Å². The van der Waals surface area contributed by atoms with Gasteiger partial charge in [-0.2, -0.15) is 26.3 Å². The van der Waals surface area contributed by atoms with Crippen LogP contribution >= 0.6 is 15.9 Å². The van der Waals surface area contributed by atoms with E-state index in [4.69, 9.17) is 0 Å². The smallest absolute Gasteiger partial charge is 0.313 e. The summed E-state index contributed by atoms with van der Waals surface area (Å²) in [5, 5.41) is 0. The van der Waals surface area contributed by atoms with Crippen LogP contribution < -0.4 is 0 Å². The maximum absolute atomic E-state index is 12.8. The van der Waals surface area contributed by atoms with Crippen LogP contribution in [-0.2, 0) is 9.47 Å². The van der Waals surface area contributed by atoms with E-state index in [1.165, 1.54) is 15.9 Å². The van der Waals surface area contributed by atoms with Crippen molar-refractivity contribution in [2.75, 3.05) is 0 Å². The molecule has 0 radical (unpaired) electrons. The third kappa shape index (κ3) is 7.09. The van der Waals surface area contributed by atoms with E-state index in [0.717, 1.165) is 13.8 Å². The van der Waals surface area contributed by atoms with Gasteiger partial charge in [0.2, 0.25) is 0 Å². The van der Waals surface area contributed by atoms with Crippen LogP contribution in [-0.4, -0.2) is 35.7 Å². The zero-order valence-electron chi connectivity index (χ0n) is 10.9. The second-order valence-corrected chi connectivity index (χ2v) is 5.31. The Morgan fingerprint density at radius 2 is 1.24 bits per heavy atom. The first-order chi connectivity index (χ1) is 9.19. The van der Waals surface area contributed by atoms with Gasteiger partial charge >= 0.3 is 23.5 Å². The van der Waals surface area contributed by atoms with Crippen LogP contribution in [0.25, 0.3) is 0 Å². The van der Waals surface area contributed by atoms with Gasteiger partial charge in [-0.15, -0.1) is 0 Å². The molecule has 2 nitrogen and oxygen atoms in total. The van der Waals surface area contributed by atoms with E-state index in [1.807, 2.05) is 0 Å². The molecule has 2 unspecified atom stereocenters. The van der Waals surface area contributed by atoms with E-state index in [0.29, 0.717) is 0 Å². The minimum atomic E-state index is -4.80. The number of hydrogen-bond donors (Lipinski definition) is 0. The SMILES string of the molecule is CC(CCC(C)OC(F)(F)C(F)(F)Br)OC(F)(F)C(F)F. The second kappa shape index (κ2) is 7.40. The molecule has 0 aromatic heterocycles. The molecule has 0 spiro atoms. The fourth-order valence-electron chi connectivity index (χ4n) is 1.23. The highest BCUT2D eigenvalue weighted by Crippen LogP contribution is 2.41. The highest BCUT2D eigenvalue weighted by atomic mass is 79.9. The zero-order valence-corrected chi connectivity index (χ0v) is 12.5. The monoisotopic (exact) mass is 396 g/mol. The maximum atomic E-state index is 12.8. The van der Waals surface area contributed by atoms with E-state index in [1.54, 1.807) is 0 Å². The molecule has 0 N–H and O–H groups in total. The fraction of sp³-hybridized carbons (Fsp3) is 1.00. The molecule has 0 aliphatic heterocycles. The number of halogens is 9. The van der Waals surface area contributed by atoms with Crippen molar-refractivity contribution < 1.29 is 44.6 Å². The van der Waals surface area contributed by atoms with Crippen molar-refractivity contribution in [1.29, 1.82) is 0 Å². The molecule has 0 aliphatic rings. The lowest BCUT2D eigenvalue weighted by atomic mass is 10.1. The van der Waals surface area contributed by atoms with Crippen molar-refractivity contribution in [2.24, 2.45) is 0 Å². The van der Waals surface area contributed by atoms with Crippen molar-refractivity contribution in [1.82, 2.24) is 0 Å². The van der Waals surface area contributed by atoms with Gasteiger partial charge in [0.05, 0.1) is 12.2 Å². The van der Waals surface area contributed by atoms with Gasteiger partial charge in [-0.1, -0.05) is 0 Å². The van der Waals surface area contributed by atoms with Gasteiger partial charge < -0.3 is 9.47 Å². The van der Waals surface area contributed by atoms with Crippen LogP contribution in [0.4, 0.5) is 35.1 Å². The number of hydrogen-bond acceptors (Lipinski definition) is 2. The van der Waals surface area contributed by atoms with Crippen LogP contribution in [0.2, 0.25) is 0 Å². The highest BCUT2D eigenvalue weighted by Gasteiger charge is 2.57. The van der Waals surface area contributed by atoms with Crippen molar-refractivity contribution in [2.45, 2.75) is 62.4 Å². The standard InChI is InChI=1S/C10H13BrF8O2/c1-5(20-8(14,15)7(12)13)3-4-6(2)21-10(18,19)9(11,16)17/h5-7H,3-4H2,1-2H3. The van der Waals surface area contributed by atoms with Gasteiger partial charge in [0.15, 0.2) is 0 Å². The summed E-state index contributed by atoms with van der Waals surface area (Å²) in [4.78, 5) is -4.60. The zero-order chi connectivity index (χ0) is 17.1. The van der Waals surface area contributed by atoms with Gasteiger partial charge in [-0.25, -0.2) is 8.78 Å². The van der Waals surface area contributed by atoms with Crippen LogP contribution in [0, 0.1) is 0 Å². The lowest BCUT2D eigenvalue weighted by Crippen LogP contribution is -2.40. The molecule has 0 bridgehead atoms. The molecule has 0 aromatic rings. The summed E-state index contributed by atoms with van der Waals surface area (Å²) in [5.74, 6) is 0.